The molecule has 1 saturated carbocycles. The van der Waals surface area contributed by atoms with Crippen LogP contribution >= 0.6 is 0 Å². The van der Waals surface area contributed by atoms with Gasteiger partial charge < -0.3 is 5.32 Å². The first-order valence-electron chi connectivity index (χ1n) is 6.32. The molecule has 0 aromatic heterocycles. The number of para-hydroxylation sites is 1. The molecule has 1 fully saturated rings. The Morgan fingerprint density at radius 1 is 1.33 bits per heavy atom. The monoisotopic (exact) mass is 268 g/mol. The van der Waals surface area contributed by atoms with Gasteiger partial charge in [-0.3, -0.25) is 0 Å². The zero-order chi connectivity index (χ0) is 13.2. The Morgan fingerprint density at radius 2 is 2.06 bits per heavy atom. The Kier molecular flexibility index (Phi) is 3.92. The minimum atomic E-state index is -3.65. The van der Waals surface area contributed by atoms with Crippen molar-refractivity contribution in [1.29, 1.82) is 0 Å². The van der Waals surface area contributed by atoms with Crippen molar-refractivity contribution in [2.75, 3.05) is 11.9 Å². The van der Waals surface area contributed by atoms with E-state index in [0.717, 1.165) is 12.5 Å². The smallest absolute Gasteiger partial charge is 0.240 e. The highest BCUT2D eigenvalue weighted by Gasteiger charge is 2.21. The number of benzene rings is 1. The number of sulfonamides is 1. The maximum atomic E-state index is 11.4. The van der Waals surface area contributed by atoms with Crippen molar-refractivity contribution in [3.63, 3.8) is 0 Å². The first-order valence-corrected chi connectivity index (χ1v) is 7.87. The molecule has 0 aliphatic heterocycles. The molecule has 0 spiro atoms. The number of hydrogen-bond acceptors (Lipinski definition) is 3. The summed E-state index contributed by atoms with van der Waals surface area (Å²) in [6.07, 6.45) is 3.69. The quantitative estimate of drug-likeness (QED) is 0.879. The first kappa shape index (κ1) is 13.4. The van der Waals surface area contributed by atoms with Gasteiger partial charge in [0.1, 0.15) is 4.90 Å². The summed E-state index contributed by atoms with van der Waals surface area (Å²) in [6, 6.07) is 6.80. The zero-order valence-electron chi connectivity index (χ0n) is 10.6. The van der Waals surface area contributed by atoms with Crippen LogP contribution in [0.3, 0.4) is 0 Å². The fourth-order valence-corrected chi connectivity index (χ4v) is 3.34. The van der Waals surface area contributed by atoms with Crippen molar-refractivity contribution in [3.8, 4) is 0 Å². The van der Waals surface area contributed by atoms with Gasteiger partial charge in [-0.05, 0) is 36.8 Å². The topological polar surface area (TPSA) is 72.2 Å². The highest BCUT2D eigenvalue weighted by molar-refractivity contribution is 7.89. The second kappa shape index (κ2) is 5.28. The van der Waals surface area contributed by atoms with E-state index in [0.29, 0.717) is 11.6 Å². The number of anilines is 1. The summed E-state index contributed by atoms with van der Waals surface area (Å²) in [5.41, 5.74) is 0.611. The van der Waals surface area contributed by atoms with Gasteiger partial charge in [-0.1, -0.05) is 25.5 Å². The van der Waals surface area contributed by atoms with Gasteiger partial charge in [0.15, 0.2) is 0 Å². The molecule has 1 aliphatic rings. The van der Waals surface area contributed by atoms with Crippen molar-refractivity contribution in [3.05, 3.63) is 24.3 Å². The molecule has 1 aliphatic carbocycles. The third-order valence-electron chi connectivity index (χ3n) is 3.58. The summed E-state index contributed by atoms with van der Waals surface area (Å²) in [5, 5.41) is 8.42. The van der Waals surface area contributed by atoms with Crippen LogP contribution in [0.5, 0.6) is 0 Å². The van der Waals surface area contributed by atoms with Crippen LogP contribution in [0, 0.1) is 11.8 Å². The molecule has 5 heteroatoms. The Balaban J connectivity index is 2.06. The van der Waals surface area contributed by atoms with E-state index < -0.39 is 10.0 Å². The highest BCUT2D eigenvalue weighted by Crippen LogP contribution is 2.31. The predicted molar refractivity (Wildman–Crippen MR) is 72.8 cm³/mol. The average molecular weight is 268 g/mol. The van der Waals surface area contributed by atoms with Crippen LogP contribution < -0.4 is 10.5 Å². The van der Waals surface area contributed by atoms with Crippen molar-refractivity contribution >= 4 is 15.7 Å². The Labute approximate surface area is 109 Å². The summed E-state index contributed by atoms with van der Waals surface area (Å²) >= 11 is 0. The predicted octanol–water partition coefficient (Wildman–Crippen LogP) is 2.18. The van der Waals surface area contributed by atoms with E-state index in [9.17, 15) is 8.42 Å². The molecule has 2 rings (SSSR count). The largest absolute Gasteiger partial charge is 0.384 e. The van der Waals surface area contributed by atoms with Gasteiger partial charge in [0.25, 0.3) is 0 Å². The molecule has 0 saturated heterocycles. The van der Waals surface area contributed by atoms with Crippen molar-refractivity contribution in [1.82, 2.24) is 0 Å². The molecule has 18 heavy (non-hydrogen) atoms. The van der Waals surface area contributed by atoms with Gasteiger partial charge in [-0.15, -0.1) is 0 Å². The van der Waals surface area contributed by atoms with Crippen LogP contribution in [0.1, 0.15) is 26.2 Å². The van der Waals surface area contributed by atoms with Crippen LogP contribution in [-0.4, -0.2) is 15.0 Å². The van der Waals surface area contributed by atoms with Crippen LogP contribution in [0.4, 0.5) is 5.69 Å². The lowest BCUT2D eigenvalue weighted by atomic mass is 10.1. The van der Waals surface area contributed by atoms with Crippen LogP contribution in [0.2, 0.25) is 0 Å². The summed E-state index contributed by atoms with van der Waals surface area (Å²) in [7, 11) is -3.65. The van der Waals surface area contributed by atoms with Gasteiger partial charge in [-0.2, -0.15) is 0 Å². The minimum absolute atomic E-state index is 0.177. The molecular weight excluding hydrogens is 248 g/mol. The lowest BCUT2D eigenvalue weighted by Gasteiger charge is -2.14. The molecule has 3 N–H and O–H groups in total. The molecule has 0 radical (unpaired) electrons. The maximum Gasteiger partial charge on any atom is 0.240 e. The second-order valence-corrected chi connectivity index (χ2v) is 6.74. The Bertz CT molecular complexity index is 513. The number of nitrogens with one attached hydrogen (secondary N) is 1. The van der Waals surface area contributed by atoms with E-state index in [1.165, 1.54) is 25.3 Å². The average Bonchev–Trinajstić information content (AvgIpc) is 2.72. The van der Waals surface area contributed by atoms with E-state index >= 15 is 0 Å². The molecule has 100 valence electrons. The third-order valence-corrected chi connectivity index (χ3v) is 4.55. The minimum Gasteiger partial charge on any atom is -0.384 e. The van der Waals surface area contributed by atoms with Crippen LogP contribution in [0.15, 0.2) is 29.2 Å². The lowest BCUT2D eigenvalue weighted by molar-refractivity contribution is 0.536. The van der Waals surface area contributed by atoms with E-state index in [1.807, 2.05) is 6.07 Å². The van der Waals surface area contributed by atoms with Crippen molar-refractivity contribution in [2.24, 2.45) is 17.0 Å². The van der Waals surface area contributed by atoms with Crippen molar-refractivity contribution in [2.45, 2.75) is 31.1 Å². The molecule has 1 aromatic carbocycles. The van der Waals surface area contributed by atoms with Gasteiger partial charge in [0.05, 0.1) is 5.69 Å². The van der Waals surface area contributed by atoms with E-state index in [-0.39, 0.29) is 4.90 Å². The fourth-order valence-electron chi connectivity index (χ4n) is 2.63. The summed E-state index contributed by atoms with van der Waals surface area (Å²) in [6.45, 7) is 3.08. The van der Waals surface area contributed by atoms with Gasteiger partial charge >= 0.3 is 0 Å². The van der Waals surface area contributed by atoms with Gasteiger partial charge in [0.2, 0.25) is 10.0 Å². The molecule has 0 amide bonds. The number of primary sulfonamides is 1. The van der Waals surface area contributed by atoms with Gasteiger partial charge in [0, 0.05) is 6.54 Å². The molecule has 2 unspecified atom stereocenters. The van der Waals surface area contributed by atoms with E-state index in [2.05, 4.69) is 12.2 Å². The highest BCUT2D eigenvalue weighted by atomic mass is 32.2. The first-order chi connectivity index (χ1) is 8.47. The summed E-state index contributed by atoms with van der Waals surface area (Å²) in [5.74, 6) is 1.42. The number of hydrogen-bond donors (Lipinski definition) is 2. The Morgan fingerprint density at radius 3 is 2.67 bits per heavy atom. The third kappa shape index (κ3) is 3.23. The van der Waals surface area contributed by atoms with E-state index in [1.54, 1.807) is 12.1 Å². The number of rotatable bonds is 4. The molecule has 2 atom stereocenters. The normalized spacial score (nSPS) is 24.1. The number of nitrogens with two attached hydrogens (primary N) is 1. The Hall–Kier alpha value is -1.07. The lowest BCUT2D eigenvalue weighted by Crippen LogP contribution is -2.17. The van der Waals surface area contributed by atoms with Crippen LogP contribution in [0.25, 0.3) is 0 Å². The molecule has 4 nitrogen and oxygen atoms in total. The molecule has 1 aromatic rings. The summed E-state index contributed by atoms with van der Waals surface area (Å²) in [4.78, 5) is 0.177. The SMILES string of the molecule is CC1CCC(CNc2ccccc2S(N)(=O)=O)C1. The standard InChI is InChI=1S/C13H20N2O2S/c1-10-6-7-11(8-10)9-15-12-4-2-3-5-13(12)18(14,16)17/h2-5,10-11,15H,6-9H2,1H3,(H2,14,16,17). The van der Waals surface area contributed by atoms with Crippen molar-refractivity contribution < 1.29 is 8.42 Å². The van der Waals surface area contributed by atoms with E-state index in [4.69, 9.17) is 5.14 Å². The second-order valence-electron chi connectivity index (χ2n) is 5.21. The zero-order valence-corrected chi connectivity index (χ0v) is 11.4. The molecule has 0 heterocycles. The fraction of sp³-hybridized carbons (Fsp3) is 0.538. The maximum absolute atomic E-state index is 11.4. The van der Waals surface area contributed by atoms with Crippen LogP contribution in [-0.2, 0) is 10.0 Å². The summed E-state index contributed by atoms with van der Waals surface area (Å²) < 4.78 is 22.9. The molecule has 0 bridgehead atoms. The molecular formula is C13H20N2O2S. The van der Waals surface area contributed by atoms with Gasteiger partial charge in [-0.25, -0.2) is 13.6 Å².